The largest absolute Gasteiger partial charge is 0.334 e. The third kappa shape index (κ3) is 1.81. The Morgan fingerprint density at radius 2 is 2.27 bits per heavy atom. The van der Waals surface area contributed by atoms with Gasteiger partial charge in [0.1, 0.15) is 5.78 Å². The summed E-state index contributed by atoms with van der Waals surface area (Å²) < 4.78 is 1.95. The molecule has 3 nitrogen and oxygen atoms in total. The molecule has 0 radical (unpaired) electrons. The second-order valence-corrected chi connectivity index (χ2v) is 4.49. The first kappa shape index (κ1) is 10.4. The predicted molar refractivity (Wildman–Crippen MR) is 63.1 cm³/mol. The Hall–Kier alpha value is -1.16. The van der Waals surface area contributed by atoms with E-state index in [9.17, 15) is 4.79 Å². The second-order valence-electron chi connectivity index (χ2n) is 3.58. The number of imidazole rings is 1. The van der Waals surface area contributed by atoms with Gasteiger partial charge in [0, 0.05) is 7.05 Å². The van der Waals surface area contributed by atoms with Crippen LogP contribution in [0.15, 0.2) is 24.5 Å². The lowest BCUT2D eigenvalue weighted by atomic mass is 10.1. The third-order valence-electron chi connectivity index (χ3n) is 2.40. The number of hydrogen-bond acceptors (Lipinski definition) is 2. The van der Waals surface area contributed by atoms with Crippen LogP contribution in [0.3, 0.4) is 0 Å². The Morgan fingerprint density at radius 3 is 2.93 bits per heavy atom. The topological polar surface area (TPSA) is 34.9 Å². The molecule has 78 valence electrons. The Balaban J connectivity index is 2.52. The molecule has 2 rings (SSSR count). The summed E-state index contributed by atoms with van der Waals surface area (Å²) in [5.41, 5.74) is 2.94. The van der Waals surface area contributed by atoms with Crippen LogP contribution in [0.1, 0.15) is 17.3 Å². The summed E-state index contributed by atoms with van der Waals surface area (Å²) in [6, 6.07) is 5.87. The molecule has 0 fully saturated rings. The van der Waals surface area contributed by atoms with Crippen molar-refractivity contribution in [3.05, 3.63) is 30.1 Å². The van der Waals surface area contributed by atoms with E-state index in [0.29, 0.717) is 0 Å². The fraction of sp³-hybridized carbons (Fsp3) is 0.273. The number of fused-ring (bicyclic) bond motifs is 1. The molecular formula is C11H11BrN2O. The number of ketones is 1. The van der Waals surface area contributed by atoms with Gasteiger partial charge in [0.05, 0.1) is 22.2 Å². The number of rotatable bonds is 2. The fourth-order valence-electron chi connectivity index (χ4n) is 1.55. The summed E-state index contributed by atoms with van der Waals surface area (Å²) in [5, 5.41) is 0. The minimum atomic E-state index is -0.232. The van der Waals surface area contributed by atoms with Gasteiger partial charge >= 0.3 is 0 Å². The quantitative estimate of drug-likeness (QED) is 0.784. The van der Waals surface area contributed by atoms with Gasteiger partial charge in [-0.15, -0.1) is 0 Å². The van der Waals surface area contributed by atoms with Crippen molar-refractivity contribution < 1.29 is 4.79 Å². The van der Waals surface area contributed by atoms with Crippen LogP contribution in [0.4, 0.5) is 0 Å². The molecule has 2 aromatic rings. The summed E-state index contributed by atoms with van der Waals surface area (Å²) in [5.74, 6) is 0.102. The van der Waals surface area contributed by atoms with Gasteiger partial charge in [0.25, 0.3) is 0 Å². The zero-order valence-corrected chi connectivity index (χ0v) is 10.2. The second kappa shape index (κ2) is 3.77. The standard InChI is InChI=1S/C11H11BrN2O/c1-7(15)11(12)8-3-4-10-9(5-8)13-6-14(10)2/h3-6,11H,1-2H3. The lowest BCUT2D eigenvalue weighted by molar-refractivity contribution is -0.116. The Kier molecular flexibility index (Phi) is 2.61. The maximum absolute atomic E-state index is 11.2. The maximum Gasteiger partial charge on any atom is 0.147 e. The predicted octanol–water partition coefficient (Wildman–Crippen LogP) is 2.60. The lowest BCUT2D eigenvalue weighted by Gasteiger charge is -2.05. The molecule has 0 N–H and O–H groups in total. The first-order valence-electron chi connectivity index (χ1n) is 4.65. The summed E-state index contributed by atoms with van der Waals surface area (Å²) in [6.45, 7) is 1.57. The molecule has 1 heterocycles. The molecule has 0 saturated heterocycles. The van der Waals surface area contributed by atoms with Crippen LogP contribution in [0, 0.1) is 0 Å². The minimum Gasteiger partial charge on any atom is -0.334 e. The third-order valence-corrected chi connectivity index (χ3v) is 3.57. The number of hydrogen-bond donors (Lipinski definition) is 0. The molecule has 0 spiro atoms. The van der Waals surface area contributed by atoms with Gasteiger partial charge in [-0.3, -0.25) is 4.79 Å². The van der Waals surface area contributed by atoms with Gasteiger partial charge in [-0.25, -0.2) is 4.98 Å². The van der Waals surface area contributed by atoms with Crippen molar-refractivity contribution in [1.29, 1.82) is 0 Å². The van der Waals surface area contributed by atoms with Crippen molar-refractivity contribution >= 4 is 32.7 Å². The molecule has 1 atom stereocenters. The van der Waals surface area contributed by atoms with Crippen molar-refractivity contribution in [2.24, 2.45) is 7.05 Å². The van der Waals surface area contributed by atoms with Crippen LogP contribution >= 0.6 is 15.9 Å². The van der Waals surface area contributed by atoms with Gasteiger partial charge in [-0.05, 0) is 24.6 Å². The molecule has 4 heteroatoms. The van der Waals surface area contributed by atoms with Crippen molar-refractivity contribution in [2.45, 2.75) is 11.8 Å². The molecule has 0 bridgehead atoms. The number of aryl methyl sites for hydroxylation is 1. The molecule has 1 aromatic heterocycles. The van der Waals surface area contributed by atoms with E-state index in [0.717, 1.165) is 16.6 Å². The van der Waals surface area contributed by atoms with Crippen LogP contribution in [0.2, 0.25) is 0 Å². The number of halogens is 1. The van der Waals surface area contributed by atoms with E-state index in [4.69, 9.17) is 0 Å². The molecule has 1 aromatic carbocycles. The number of carbonyl (C=O) groups is 1. The minimum absolute atomic E-state index is 0.102. The zero-order chi connectivity index (χ0) is 11.0. The lowest BCUT2D eigenvalue weighted by Crippen LogP contribution is -2.00. The fourth-order valence-corrected chi connectivity index (χ4v) is 1.83. The Labute approximate surface area is 96.2 Å². The van der Waals surface area contributed by atoms with Gasteiger partial charge < -0.3 is 4.57 Å². The van der Waals surface area contributed by atoms with Gasteiger partial charge in [0.2, 0.25) is 0 Å². The number of alkyl halides is 1. The van der Waals surface area contributed by atoms with Crippen LogP contribution in [-0.2, 0) is 11.8 Å². The molecule has 1 unspecified atom stereocenters. The van der Waals surface area contributed by atoms with E-state index in [1.54, 1.807) is 13.3 Å². The molecule has 0 aliphatic carbocycles. The number of carbonyl (C=O) groups excluding carboxylic acids is 1. The highest BCUT2D eigenvalue weighted by Gasteiger charge is 2.13. The summed E-state index contributed by atoms with van der Waals surface area (Å²) in [7, 11) is 1.95. The molecule has 15 heavy (non-hydrogen) atoms. The molecule has 0 amide bonds. The average Bonchev–Trinajstić information content (AvgIpc) is 2.59. The maximum atomic E-state index is 11.2. The van der Waals surface area contributed by atoms with Gasteiger partial charge in [-0.2, -0.15) is 0 Å². The van der Waals surface area contributed by atoms with Crippen molar-refractivity contribution in [3.63, 3.8) is 0 Å². The van der Waals surface area contributed by atoms with Crippen LogP contribution in [0.25, 0.3) is 11.0 Å². The van der Waals surface area contributed by atoms with E-state index in [1.807, 2.05) is 29.8 Å². The van der Waals surface area contributed by atoms with E-state index in [-0.39, 0.29) is 10.6 Å². The summed E-state index contributed by atoms with van der Waals surface area (Å²) >= 11 is 3.36. The van der Waals surface area contributed by atoms with Crippen molar-refractivity contribution in [1.82, 2.24) is 9.55 Å². The van der Waals surface area contributed by atoms with E-state index < -0.39 is 0 Å². The molecule has 0 aliphatic rings. The van der Waals surface area contributed by atoms with E-state index in [1.165, 1.54) is 0 Å². The SMILES string of the molecule is CC(=O)C(Br)c1ccc2c(c1)ncn2C. The highest BCUT2D eigenvalue weighted by atomic mass is 79.9. The van der Waals surface area contributed by atoms with Crippen LogP contribution < -0.4 is 0 Å². The first-order chi connectivity index (χ1) is 7.09. The monoisotopic (exact) mass is 266 g/mol. The molecule has 0 saturated carbocycles. The number of Topliss-reactive ketones (excluding diaryl/α,β-unsaturated/α-hetero) is 1. The van der Waals surface area contributed by atoms with Crippen LogP contribution in [-0.4, -0.2) is 15.3 Å². The number of aromatic nitrogens is 2. The average molecular weight is 267 g/mol. The highest BCUT2D eigenvalue weighted by molar-refractivity contribution is 9.09. The first-order valence-corrected chi connectivity index (χ1v) is 5.56. The Morgan fingerprint density at radius 1 is 1.53 bits per heavy atom. The normalized spacial score (nSPS) is 13.0. The van der Waals surface area contributed by atoms with Gasteiger partial charge in [-0.1, -0.05) is 22.0 Å². The van der Waals surface area contributed by atoms with Crippen molar-refractivity contribution in [3.8, 4) is 0 Å². The molecular weight excluding hydrogens is 256 g/mol. The van der Waals surface area contributed by atoms with E-state index in [2.05, 4.69) is 20.9 Å². The number of benzene rings is 1. The summed E-state index contributed by atoms with van der Waals surface area (Å²) in [4.78, 5) is 15.2. The highest BCUT2D eigenvalue weighted by Crippen LogP contribution is 2.26. The van der Waals surface area contributed by atoms with Crippen molar-refractivity contribution in [2.75, 3.05) is 0 Å². The summed E-state index contributed by atoms with van der Waals surface area (Å²) in [6.07, 6.45) is 1.77. The van der Waals surface area contributed by atoms with E-state index >= 15 is 0 Å². The smallest absolute Gasteiger partial charge is 0.147 e. The van der Waals surface area contributed by atoms with Crippen LogP contribution in [0.5, 0.6) is 0 Å². The zero-order valence-electron chi connectivity index (χ0n) is 8.57. The van der Waals surface area contributed by atoms with Gasteiger partial charge in [0.15, 0.2) is 0 Å². The molecule has 0 aliphatic heterocycles. The Bertz CT molecular complexity index is 518. The number of nitrogens with zero attached hydrogens (tertiary/aromatic N) is 2.